The Morgan fingerprint density at radius 1 is 0.577 bits per heavy atom. The van der Waals surface area contributed by atoms with Gasteiger partial charge in [-0.05, 0) is 97.4 Å². The van der Waals surface area contributed by atoms with Crippen LogP contribution in [0, 0.1) is 0 Å². The Bertz CT molecular complexity index is 367. The van der Waals surface area contributed by atoms with E-state index in [4.69, 9.17) is 13.3 Å². The highest BCUT2D eigenvalue weighted by Crippen LogP contribution is 2.17. The largest absolute Gasteiger partial charge is 0.418 e. The summed E-state index contributed by atoms with van der Waals surface area (Å²) in [5, 5.41) is 0. The van der Waals surface area contributed by atoms with Crippen LogP contribution >= 0.6 is 0 Å². The van der Waals surface area contributed by atoms with Crippen molar-refractivity contribution < 1.29 is 13.3 Å². The molecule has 0 aliphatic heterocycles. The zero-order chi connectivity index (χ0) is 20.3. The maximum Gasteiger partial charge on any atom is 0.183 e. The van der Waals surface area contributed by atoms with Crippen molar-refractivity contribution in [2.75, 3.05) is 19.8 Å². The van der Waals surface area contributed by atoms with Crippen LogP contribution in [0.2, 0.25) is 58.9 Å². The maximum absolute atomic E-state index is 6.01. The highest BCUT2D eigenvalue weighted by molar-refractivity contribution is 6.70. The molecule has 6 heteroatoms. The SMILES string of the molecule is C[Si](C)(C)OCCCC=C(CCCO[Si](C)(C)C)CCCO[Si](C)(C)C. The van der Waals surface area contributed by atoms with E-state index >= 15 is 0 Å². The zero-order valence-electron chi connectivity index (χ0n) is 19.2. The summed E-state index contributed by atoms with van der Waals surface area (Å²) in [6, 6.07) is 0. The molecular weight excluding hydrogens is 372 g/mol. The Kier molecular flexibility index (Phi) is 12.8. The van der Waals surface area contributed by atoms with Gasteiger partial charge in [0.05, 0.1) is 0 Å². The molecule has 156 valence electrons. The summed E-state index contributed by atoms with van der Waals surface area (Å²) in [7, 11) is -4.13. The van der Waals surface area contributed by atoms with Gasteiger partial charge in [-0.2, -0.15) is 0 Å². The standard InChI is InChI=1S/C20H46O3Si3/c1-24(2,3)21-17-11-10-14-20(15-12-18-22-25(4,5)6)16-13-19-23-26(7,8)9/h14H,10-13,15-19H2,1-9H3. The summed E-state index contributed by atoms with van der Waals surface area (Å²) in [4.78, 5) is 0. The second kappa shape index (κ2) is 12.7. The molecule has 0 amide bonds. The molecule has 0 aliphatic rings. The lowest BCUT2D eigenvalue weighted by molar-refractivity contribution is 0.296. The molecule has 0 N–H and O–H groups in total. The van der Waals surface area contributed by atoms with Crippen LogP contribution in [0.4, 0.5) is 0 Å². The molecule has 0 aromatic rings. The first-order valence-corrected chi connectivity index (χ1v) is 20.6. The highest BCUT2D eigenvalue weighted by atomic mass is 28.4. The van der Waals surface area contributed by atoms with Gasteiger partial charge in [0.25, 0.3) is 0 Å². The molecule has 0 aliphatic carbocycles. The van der Waals surface area contributed by atoms with Gasteiger partial charge in [0.1, 0.15) is 0 Å². The molecule has 0 heterocycles. The van der Waals surface area contributed by atoms with Crippen LogP contribution in [0.5, 0.6) is 0 Å². The van der Waals surface area contributed by atoms with E-state index in [0.717, 1.165) is 58.3 Å². The molecule has 0 radical (unpaired) electrons. The first-order chi connectivity index (χ1) is 11.8. The van der Waals surface area contributed by atoms with E-state index in [1.54, 1.807) is 5.57 Å². The molecule has 0 fully saturated rings. The van der Waals surface area contributed by atoms with E-state index < -0.39 is 25.0 Å². The Morgan fingerprint density at radius 3 is 1.27 bits per heavy atom. The number of rotatable bonds is 15. The molecule has 0 spiro atoms. The molecule has 0 unspecified atom stereocenters. The van der Waals surface area contributed by atoms with Gasteiger partial charge in [-0.25, -0.2) is 0 Å². The van der Waals surface area contributed by atoms with Gasteiger partial charge in [0, 0.05) is 19.8 Å². The van der Waals surface area contributed by atoms with Crippen LogP contribution in [0.1, 0.15) is 38.5 Å². The lowest BCUT2D eigenvalue weighted by atomic mass is 10.0. The molecule has 26 heavy (non-hydrogen) atoms. The minimum Gasteiger partial charge on any atom is -0.418 e. The highest BCUT2D eigenvalue weighted by Gasteiger charge is 2.15. The molecule has 0 atom stereocenters. The van der Waals surface area contributed by atoms with Crippen LogP contribution in [-0.2, 0) is 13.3 Å². The van der Waals surface area contributed by atoms with Crippen LogP contribution in [0.3, 0.4) is 0 Å². The van der Waals surface area contributed by atoms with Crippen molar-refractivity contribution in [2.24, 2.45) is 0 Å². The lowest BCUT2D eigenvalue weighted by Crippen LogP contribution is -2.26. The van der Waals surface area contributed by atoms with Crippen molar-refractivity contribution in [3.63, 3.8) is 0 Å². The van der Waals surface area contributed by atoms with Gasteiger partial charge in [-0.1, -0.05) is 11.6 Å². The fraction of sp³-hybridized carbons (Fsp3) is 0.900. The van der Waals surface area contributed by atoms with Crippen molar-refractivity contribution in [1.82, 2.24) is 0 Å². The molecule has 0 saturated heterocycles. The minimum atomic E-state index is -1.38. The van der Waals surface area contributed by atoms with Gasteiger partial charge >= 0.3 is 0 Å². The second-order valence-electron chi connectivity index (χ2n) is 10.1. The predicted octanol–water partition coefficient (Wildman–Crippen LogP) is 6.81. The number of unbranched alkanes of at least 4 members (excludes halogenated alkanes) is 1. The van der Waals surface area contributed by atoms with E-state index in [2.05, 4.69) is 65.0 Å². The van der Waals surface area contributed by atoms with Crippen molar-refractivity contribution >= 4 is 25.0 Å². The van der Waals surface area contributed by atoms with E-state index in [9.17, 15) is 0 Å². The lowest BCUT2D eigenvalue weighted by Gasteiger charge is -2.19. The van der Waals surface area contributed by atoms with E-state index in [1.807, 2.05) is 0 Å². The molecule has 0 bridgehead atoms. The fourth-order valence-corrected chi connectivity index (χ4v) is 4.72. The Morgan fingerprint density at radius 2 is 0.923 bits per heavy atom. The normalized spacial score (nSPS) is 13.1. The van der Waals surface area contributed by atoms with Crippen molar-refractivity contribution in [1.29, 1.82) is 0 Å². The summed E-state index contributed by atoms with van der Waals surface area (Å²) in [6.07, 6.45) is 9.30. The molecule has 0 aromatic heterocycles. The summed E-state index contributed by atoms with van der Waals surface area (Å²) >= 11 is 0. The first kappa shape index (κ1) is 26.3. The summed E-state index contributed by atoms with van der Waals surface area (Å²) in [5.74, 6) is 0. The zero-order valence-corrected chi connectivity index (χ0v) is 22.2. The average molecular weight is 419 g/mol. The number of allylic oxidation sites excluding steroid dienone is 2. The van der Waals surface area contributed by atoms with E-state index in [-0.39, 0.29) is 0 Å². The average Bonchev–Trinajstić information content (AvgIpc) is 2.43. The number of hydrogen-bond donors (Lipinski definition) is 0. The summed E-state index contributed by atoms with van der Waals surface area (Å²) < 4.78 is 18.0. The molecule has 0 rings (SSSR count). The first-order valence-electron chi connectivity index (χ1n) is 10.4. The van der Waals surface area contributed by atoms with Gasteiger partial charge in [0.2, 0.25) is 0 Å². The predicted molar refractivity (Wildman–Crippen MR) is 124 cm³/mol. The van der Waals surface area contributed by atoms with Crippen LogP contribution in [0.25, 0.3) is 0 Å². The smallest absolute Gasteiger partial charge is 0.183 e. The molecular formula is C20H46O3Si3. The third-order valence-electron chi connectivity index (χ3n) is 3.67. The Hall–Kier alpha value is 0.271. The fourth-order valence-electron chi connectivity index (χ4n) is 2.45. The van der Waals surface area contributed by atoms with Crippen molar-refractivity contribution in [2.45, 2.75) is 97.4 Å². The summed E-state index contributed by atoms with van der Waals surface area (Å²) in [5.41, 5.74) is 1.58. The quantitative estimate of drug-likeness (QED) is 0.166. The third-order valence-corrected chi connectivity index (χ3v) is 6.88. The van der Waals surface area contributed by atoms with Crippen LogP contribution in [-0.4, -0.2) is 44.8 Å². The molecule has 0 saturated carbocycles. The van der Waals surface area contributed by atoms with Gasteiger partial charge in [-0.3, -0.25) is 0 Å². The van der Waals surface area contributed by atoms with Gasteiger partial charge in [-0.15, -0.1) is 0 Å². The monoisotopic (exact) mass is 418 g/mol. The topological polar surface area (TPSA) is 27.7 Å². The van der Waals surface area contributed by atoms with E-state index in [1.165, 1.54) is 0 Å². The number of hydrogen-bond acceptors (Lipinski definition) is 3. The van der Waals surface area contributed by atoms with Crippen molar-refractivity contribution in [3.8, 4) is 0 Å². The van der Waals surface area contributed by atoms with Gasteiger partial charge < -0.3 is 13.3 Å². The van der Waals surface area contributed by atoms with E-state index in [0.29, 0.717) is 0 Å². The summed E-state index contributed by atoms with van der Waals surface area (Å²) in [6.45, 7) is 23.0. The third kappa shape index (κ3) is 20.6. The van der Waals surface area contributed by atoms with Crippen molar-refractivity contribution in [3.05, 3.63) is 11.6 Å². The van der Waals surface area contributed by atoms with Gasteiger partial charge in [0.15, 0.2) is 25.0 Å². The van der Waals surface area contributed by atoms with Crippen LogP contribution in [0.15, 0.2) is 11.6 Å². The minimum absolute atomic E-state index is 0.900. The molecule has 3 nitrogen and oxygen atoms in total. The Balaban J connectivity index is 4.27. The molecule has 0 aromatic carbocycles. The Labute approximate surface area is 167 Å². The maximum atomic E-state index is 6.01. The van der Waals surface area contributed by atoms with Crippen LogP contribution < -0.4 is 0 Å². The second-order valence-corrected chi connectivity index (χ2v) is 23.6.